The first-order valence-corrected chi connectivity index (χ1v) is 10.4. The number of carbonyl (C=O) groups excluding carboxylic acids is 2. The van der Waals surface area contributed by atoms with E-state index < -0.39 is 11.9 Å². The number of aromatic carboxylic acids is 2. The highest BCUT2D eigenvalue weighted by molar-refractivity contribution is 5.93. The molecule has 4 aliphatic rings. The zero-order valence-electron chi connectivity index (χ0n) is 15.7. The van der Waals surface area contributed by atoms with Gasteiger partial charge < -0.3 is 29.3 Å². The van der Waals surface area contributed by atoms with Crippen LogP contribution in [-0.2, 0) is 22.3 Å². The molecular formula is C22H24O6-2. The Balaban J connectivity index is 1.47. The number of hydrogen-bond acceptors (Lipinski definition) is 6. The lowest BCUT2D eigenvalue weighted by Crippen LogP contribution is -2.30. The Kier molecular flexibility index (Phi) is 4.43. The van der Waals surface area contributed by atoms with Crippen LogP contribution in [0.25, 0.3) is 0 Å². The van der Waals surface area contributed by atoms with Crippen molar-refractivity contribution in [3.05, 3.63) is 34.4 Å². The highest BCUT2D eigenvalue weighted by Crippen LogP contribution is 2.43. The van der Waals surface area contributed by atoms with Crippen molar-refractivity contribution in [1.82, 2.24) is 0 Å². The number of fused-ring (bicyclic) bond motifs is 2. The summed E-state index contributed by atoms with van der Waals surface area (Å²) < 4.78 is 11.2. The molecule has 1 aromatic rings. The van der Waals surface area contributed by atoms with E-state index in [0.29, 0.717) is 60.2 Å². The third-order valence-electron chi connectivity index (χ3n) is 7.08. The zero-order chi connectivity index (χ0) is 19.4. The number of ether oxygens (including phenoxy) is 2. The average Bonchev–Trinajstić information content (AvgIpc) is 3.56. The molecule has 2 aliphatic heterocycles. The van der Waals surface area contributed by atoms with E-state index in [9.17, 15) is 19.8 Å². The van der Waals surface area contributed by atoms with Crippen LogP contribution < -0.4 is 10.2 Å². The maximum Gasteiger partial charge on any atom is 0.0844 e. The van der Waals surface area contributed by atoms with Crippen LogP contribution in [0.3, 0.4) is 0 Å². The highest BCUT2D eigenvalue weighted by Gasteiger charge is 2.45. The Morgan fingerprint density at radius 2 is 1.18 bits per heavy atom. The normalized spacial score (nSPS) is 35.6. The van der Waals surface area contributed by atoms with Gasteiger partial charge >= 0.3 is 0 Å². The largest absolute Gasteiger partial charge is 0.545 e. The third-order valence-corrected chi connectivity index (χ3v) is 7.08. The standard InChI is InChI=1S/C22H26O6/c23-21(24)13-3-4-14(22(25)26)16(8-12-2-6-18-20(10-12)28-18)15(13)7-11-1-5-17-19(9-11)27-17/h3-4,11-12,17-20H,1-2,5-10H2,(H,23,24)(H,25,26)/p-2. The molecule has 0 amide bonds. The molecule has 2 saturated carbocycles. The molecule has 4 fully saturated rings. The Morgan fingerprint density at radius 3 is 1.54 bits per heavy atom. The first kappa shape index (κ1) is 18.1. The molecule has 2 heterocycles. The number of benzene rings is 1. The minimum atomic E-state index is -1.24. The van der Waals surface area contributed by atoms with E-state index in [1.807, 2.05) is 0 Å². The first-order valence-electron chi connectivity index (χ1n) is 10.4. The second kappa shape index (κ2) is 6.85. The molecular weight excluding hydrogens is 360 g/mol. The predicted octanol–water partition coefficient (Wildman–Crippen LogP) is 0.634. The molecule has 6 heteroatoms. The van der Waals surface area contributed by atoms with Crippen LogP contribution in [0, 0.1) is 11.8 Å². The van der Waals surface area contributed by atoms with E-state index in [0.717, 1.165) is 38.5 Å². The number of rotatable bonds is 6. The molecule has 2 aliphatic carbocycles. The van der Waals surface area contributed by atoms with E-state index in [2.05, 4.69) is 0 Å². The summed E-state index contributed by atoms with van der Waals surface area (Å²) >= 11 is 0. The summed E-state index contributed by atoms with van der Waals surface area (Å²) in [6.45, 7) is 0. The van der Waals surface area contributed by atoms with Crippen molar-refractivity contribution in [3.8, 4) is 0 Å². The summed E-state index contributed by atoms with van der Waals surface area (Å²) in [6, 6.07) is 2.75. The number of carboxylic acid groups (broad SMARTS) is 2. The second-order valence-corrected chi connectivity index (χ2v) is 8.89. The van der Waals surface area contributed by atoms with Gasteiger partial charge in [0.15, 0.2) is 0 Å². The molecule has 150 valence electrons. The topological polar surface area (TPSA) is 105 Å². The minimum Gasteiger partial charge on any atom is -0.545 e. The fourth-order valence-corrected chi connectivity index (χ4v) is 5.46. The van der Waals surface area contributed by atoms with Crippen LogP contribution in [0.15, 0.2) is 12.1 Å². The quantitative estimate of drug-likeness (QED) is 0.666. The highest BCUT2D eigenvalue weighted by atomic mass is 16.6. The summed E-state index contributed by atoms with van der Waals surface area (Å²) in [6.07, 6.45) is 8.21. The van der Waals surface area contributed by atoms with E-state index in [-0.39, 0.29) is 11.1 Å². The van der Waals surface area contributed by atoms with Gasteiger partial charge in [-0.25, -0.2) is 0 Å². The van der Waals surface area contributed by atoms with E-state index in [4.69, 9.17) is 9.47 Å². The zero-order valence-corrected chi connectivity index (χ0v) is 15.7. The Morgan fingerprint density at radius 1 is 0.750 bits per heavy atom. The van der Waals surface area contributed by atoms with Crippen LogP contribution in [0.5, 0.6) is 0 Å². The summed E-state index contributed by atoms with van der Waals surface area (Å²) in [5.74, 6) is -1.88. The molecule has 28 heavy (non-hydrogen) atoms. The first-order chi connectivity index (χ1) is 13.5. The molecule has 5 rings (SSSR count). The maximum absolute atomic E-state index is 11.8. The third kappa shape index (κ3) is 3.44. The van der Waals surface area contributed by atoms with Gasteiger partial charge in [0.25, 0.3) is 0 Å². The smallest absolute Gasteiger partial charge is 0.0844 e. The lowest BCUT2D eigenvalue weighted by atomic mass is 9.78. The van der Waals surface area contributed by atoms with Crippen molar-refractivity contribution < 1.29 is 29.3 Å². The number of hydrogen-bond donors (Lipinski definition) is 0. The number of epoxide rings is 2. The molecule has 0 radical (unpaired) electrons. The molecule has 0 aromatic heterocycles. The van der Waals surface area contributed by atoms with E-state index in [1.165, 1.54) is 12.1 Å². The lowest BCUT2D eigenvalue weighted by molar-refractivity contribution is -0.256. The Hall–Kier alpha value is -1.92. The minimum absolute atomic E-state index is 0.121. The Bertz CT molecular complexity index is 750. The summed E-state index contributed by atoms with van der Waals surface area (Å²) in [5.41, 5.74) is 1.50. The Labute approximate surface area is 163 Å². The van der Waals surface area contributed by atoms with Crippen LogP contribution >= 0.6 is 0 Å². The van der Waals surface area contributed by atoms with Gasteiger partial charge in [-0.05, 0) is 74.3 Å². The maximum atomic E-state index is 11.8. The number of carboxylic acids is 2. The predicted molar refractivity (Wildman–Crippen MR) is 94.5 cm³/mol. The SMILES string of the molecule is O=C([O-])c1ccc(C(=O)[O-])c(CC2CCC3OC3C2)c1CC1CCC2OC2C1. The van der Waals surface area contributed by atoms with Gasteiger partial charge in [-0.15, -0.1) is 0 Å². The molecule has 1 aromatic carbocycles. The van der Waals surface area contributed by atoms with Gasteiger partial charge in [-0.2, -0.15) is 0 Å². The molecule has 6 atom stereocenters. The molecule has 6 nitrogen and oxygen atoms in total. The molecule has 0 bridgehead atoms. The molecule has 6 unspecified atom stereocenters. The van der Waals surface area contributed by atoms with Crippen LogP contribution in [0.4, 0.5) is 0 Å². The summed E-state index contributed by atoms with van der Waals surface area (Å²) in [7, 11) is 0. The summed E-state index contributed by atoms with van der Waals surface area (Å²) in [5, 5.41) is 23.6. The second-order valence-electron chi connectivity index (χ2n) is 8.89. The van der Waals surface area contributed by atoms with Crippen LogP contribution in [0.1, 0.15) is 70.4 Å². The van der Waals surface area contributed by atoms with Crippen molar-refractivity contribution in [2.45, 2.75) is 75.8 Å². The fraction of sp³-hybridized carbons (Fsp3) is 0.636. The summed E-state index contributed by atoms with van der Waals surface area (Å²) in [4.78, 5) is 23.6. The van der Waals surface area contributed by atoms with Gasteiger partial charge in [0.05, 0.1) is 36.4 Å². The van der Waals surface area contributed by atoms with Crippen molar-refractivity contribution in [1.29, 1.82) is 0 Å². The van der Waals surface area contributed by atoms with E-state index >= 15 is 0 Å². The van der Waals surface area contributed by atoms with Gasteiger partial charge in [0.1, 0.15) is 0 Å². The average molecular weight is 384 g/mol. The van der Waals surface area contributed by atoms with Crippen molar-refractivity contribution in [3.63, 3.8) is 0 Å². The van der Waals surface area contributed by atoms with Crippen LogP contribution in [0.2, 0.25) is 0 Å². The van der Waals surface area contributed by atoms with Crippen LogP contribution in [-0.4, -0.2) is 36.4 Å². The van der Waals surface area contributed by atoms with Crippen molar-refractivity contribution >= 4 is 11.9 Å². The van der Waals surface area contributed by atoms with Gasteiger partial charge in [-0.3, -0.25) is 0 Å². The number of carbonyl (C=O) groups is 2. The molecule has 0 spiro atoms. The monoisotopic (exact) mass is 384 g/mol. The van der Waals surface area contributed by atoms with Gasteiger partial charge in [0.2, 0.25) is 0 Å². The van der Waals surface area contributed by atoms with Gasteiger partial charge in [-0.1, -0.05) is 12.1 Å². The lowest BCUT2D eigenvalue weighted by Gasteiger charge is -2.27. The molecule has 2 saturated heterocycles. The van der Waals surface area contributed by atoms with Gasteiger partial charge in [0, 0.05) is 11.1 Å². The van der Waals surface area contributed by atoms with Crippen molar-refractivity contribution in [2.75, 3.05) is 0 Å². The molecule has 0 N–H and O–H groups in total. The van der Waals surface area contributed by atoms with Crippen molar-refractivity contribution in [2.24, 2.45) is 11.8 Å². The van der Waals surface area contributed by atoms with E-state index in [1.54, 1.807) is 0 Å². The fourth-order valence-electron chi connectivity index (χ4n) is 5.46.